The first kappa shape index (κ1) is 23.5. The molecule has 1 amide bonds. The molecule has 0 bridgehead atoms. The molecule has 2 aromatic carbocycles. The number of anilines is 1. The first-order chi connectivity index (χ1) is 16.4. The van der Waals surface area contributed by atoms with Crippen LogP contribution in [0.3, 0.4) is 0 Å². The van der Waals surface area contributed by atoms with E-state index in [1.807, 2.05) is 29.8 Å². The predicted octanol–water partition coefficient (Wildman–Crippen LogP) is 3.39. The smallest absolute Gasteiger partial charge is 0.339 e. The normalized spacial score (nSPS) is 16.6. The SMILES string of the molecule is COC(=O)c1ccc(C(=O)OC)c(NC(=O)CSc2nnc(C3CC3c3ccccc3)n2C)c1. The third-order valence-electron chi connectivity index (χ3n) is 5.67. The van der Waals surface area contributed by atoms with Gasteiger partial charge in [-0.2, -0.15) is 0 Å². The van der Waals surface area contributed by atoms with Gasteiger partial charge in [-0.15, -0.1) is 10.2 Å². The van der Waals surface area contributed by atoms with Crippen LogP contribution in [-0.4, -0.2) is 52.6 Å². The number of nitrogens with zero attached hydrogens (tertiary/aromatic N) is 3. The van der Waals surface area contributed by atoms with E-state index in [9.17, 15) is 14.4 Å². The standard InChI is InChI=1S/C24H24N4O5S/c1-28-21(18-12-17(18)14-7-5-4-6-8-14)26-27-24(28)34-13-20(29)25-19-11-15(22(30)32-2)9-10-16(19)23(31)33-3/h4-11,17-18H,12-13H2,1-3H3,(H,25,29). The number of benzene rings is 2. The highest BCUT2D eigenvalue weighted by molar-refractivity contribution is 7.99. The molecule has 9 nitrogen and oxygen atoms in total. The van der Waals surface area contributed by atoms with Crippen molar-refractivity contribution >= 4 is 35.3 Å². The summed E-state index contributed by atoms with van der Waals surface area (Å²) in [5.41, 5.74) is 1.80. The zero-order valence-electron chi connectivity index (χ0n) is 19.0. The Morgan fingerprint density at radius 1 is 1.03 bits per heavy atom. The van der Waals surface area contributed by atoms with E-state index in [0.717, 1.165) is 12.2 Å². The van der Waals surface area contributed by atoms with Crippen molar-refractivity contribution in [3.8, 4) is 0 Å². The molecule has 34 heavy (non-hydrogen) atoms. The number of hydrogen-bond acceptors (Lipinski definition) is 8. The molecule has 4 rings (SSSR count). The van der Waals surface area contributed by atoms with Crippen molar-refractivity contribution < 1.29 is 23.9 Å². The van der Waals surface area contributed by atoms with Crippen molar-refractivity contribution in [2.24, 2.45) is 7.05 Å². The van der Waals surface area contributed by atoms with Crippen molar-refractivity contribution in [3.63, 3.8) is 0 Å². The van der Waals surface area contributed by atoms with E-state index in [1.54, 1.807) is 0 Å². The zero-order chi connectivity index (χ0) is 24.2. The molecule has 0 radical (unpaired) electrons. The van der Waals surface area contributed by atoms with Crippen LogP contribution in [0.15, 0.2) is 53.7 Å². The summed E-state index contributed by atoms with van der Waals surface area (Å²) in [6.07, 6.45) is 1.02. The van der Waals surface area contributed by atoms with Gasteiger partial charge in [0.2, 0.25) is 5.91 Å². The number of hydrogen-bond donors (Lipinski definition) is 1. The largest absolute Gasteiger partial charge is 0.465 e. The molecule has 1 heterocycles. The number of esters is 2. The molecule has 0 aliphatic heterocycles. The summed E-state index contributed by atoms with van der Waals surface area (Å²) in [4.78, 5) is 36.6. The van der Waals surface area contributed by atoms with Crippen molar-refractivity contribution in [3.05, 3.63) is 71.0 Å². The second kappa shape index (κ2) is 10.1. The monoisotopic (exact) mass is 480 g/mol. The molecule has 0 saturated heterocycles. The minimum Gasteiger partial charge on any atom is -0.465 e. The number of carbonyl (C=O) groups excluding carboxylic acids is 3. The van der Waals surface area contributed by atoms with Crippen LogP contribution in [0.5, 0.6) is 0 Å². The van der Waals surface area contributed by atoms with Crippen molar-refractivity contribution in [1.29, 1.82) is 0 Å². The minimum absolute atomic E-state index is 0.0435. The van der Waals surface area contributed by atoms with Gasteiger partial charge in [0.15, 0.2) is 5.16 Å². The number of rotatable bonds is 8. The molecule has 3 aromatic rings. The number of ether oxygens (including phenoxy) is 2. The topological polar surface area (TPSA) is 112 Å². The Kier molecular flexibility index (Phi) is 6.97. The van der Waals surface area contributed by atoms with Gasteiger partial charge in [0.1, 0.15) is 5.82 Å². The Labute approximate surface area is 200 Å². The van der Waals surface area contributed by atoms with E-state index in [1.165, 1.54) is 49.7 Å². The van der Waals surface area contributed by atoms with Gasteiger partial charge in [-0.25, -0.2) is 9.59 Å². The molecule has 1 aliphatic carbocycles. The summed E-state index contributed by atoms with van der Waals surface area (Å²) >= 11 is 1.24. The number of nitrogens with one attached hydrogen (secondary N) is 1. The first-order valence-electron chi connectivity index (χ1n) is 10.6. The highest BCUT2D eigenvalue weighted by Crippen LogP contribution is 2.54. The van der Waals surface area contributed by atoms with Crippen LogP contribution in [0.4, 0.5) is 5.69 Å². The number of carbonyl (C=O) groups is 3. The molecular weight excluding hydrogens is 456 g/mol. The third-order valence-corrected chi connectivity index (χ3v) is 6.69. The van der Waals surface area contributed by atoms with Gasteiger partial charge in [0, 0.05) is 13.0 Å². The summed E-state index contributed by atoms with van der Waals surface area (Å²) in [5, 5.41) is 11.9. The van der Waals surface area contributed by atoms with Gasteiger partial charge in [-0.05, 0) is 36.1 Å². The van der Waals surface area contributed by atoms with Crippen LogP contribution in [0.1, 0.15) is 50.4 Å². The molecule has 1 fully saturated rings. The second-order valence-electron chi connectivity index (χ2n) is 7.84. The molecule has 176 valence electrons. The van der Waals surface area contributed by atoms with Gasteiger partial charge in [-0.3, -0.25) is 4.79 Å². The fourth-order valence-electron chi connectivity index (χ4n) is 3.82. The Morgan fingerprint density at radius 3 is 2.47 bits per heavy atom. The lowest BCUT2D eigenvalue weighted by atomic mass is 10.1. The lowest BCUT2D eigenvalue weighted by Gasteiger charge is -2.11. The van der Waals surface area contributed by atoms with Crippen molar-refractivity contribution in [1.82, 2.24) is 14.8 Å². The molecule has 1 aliphatic rings. The summed E-state index contributed by atoms with van der Waals surface area (Å²) in [7, 11) is 4.39. The lowest BCUT2D eigenvalue weighted by molar-refractivity contribution is -0.113. The second-order valence-corrected chi connectivity index (χ2v) is 8.78. The van der Waals surface area contributed by atoms with Crippen molar-refractivity contribution in [2.45, 2.75) is 23.4 Å². The molecule has 1 saturated carbocycles. The maximum absolute atomic E-state index is 12.6. The van der Waals surface area contributed by atoms with Gasteiger partial charge >= 0.3 is 11.9 Å². The molecule has 10 heteroatoms. The van der Waals surface area contributed by atoms with Gasteiger partial charge in [0.05, 0.1) is 36.8 Å². The molecular formula is C24H24N4O5S. The fourth-order valence-corrected chi connectivity index (χ4v) is 4.54. The quantitative estimate of drug-likeness (QED) is 0.386. The van der Waals surface area contributed by atoms with Gasteiger partial charge < -0.3 is 19.4 Å². The minimum atomic E-state index is -0.630. The maximum Gasteiger partial charge on any atom is 0.339 e. The van der Waals surface area contributed by atoms with Crippen LogP contribution in [0, 0.1) is 0 Å². The van der Waals surface area contributed by atoms with E-state index < -0.39 is 11.9 Å². The average molecular weight is 481 g/mol. The van der Waals surface area contributed by atoms with E-state index in [4.69, 9.17) is 9.47 Å². The Morgan fingerprint density at radius 2 is 1.76 bits per heavy atom. The van der Waals surface area contributed by atoms with Crippen LogP contribution in [0.2, 0.25) is 0 Å². The van der Waals surface area contributed by atoms with Crippen molar-refractivity contribution in [2.75, 3.05) is 25.3 Å². The number of amides is 1. The van der Waals surface area contributed by atoms with E-state index >= 15 is 0 Å². The highest BCUT2D eigenvalue weighted by Gasteiger charge is 2.42. The molecule has 2 atom stereocenters. The van der Waals surface area contributed by atoms with E-state index in [0.29, 0.717) is 17.0 Å². The molecule has 1 aromatic heterocycles. The van der Waals surface area contributed by atoms with E-state index in [2.05, 4.69) is 27.6 Å². The van der Waals surface area contributed by atoms with Crippen LogP contribution in [0.25, 0.3) is 0 Å². The van der Waals surface area contributed by atoms with Gasteiger partial charge in [-0.1, -0.05) is 42.1 Å². The average Bonchev–Trinajstić information content (AvgIpc) is 3.57. The lowest BCUT2D eigenvalue weighted by Crippen LogP contribution is -2.18. The first-order valence-corrected chi connectivity index (χ1v) is 11.6. The Hall–Kier alpha value is -3.66. The zero-order valence-corrected chi connectivity index (χ0v) is 19.8. The molecule has 1 N–H and O–H groups in total. The summed E-state index contributed by atoms with van der Waals surface area (Å²) in [5.74, 6) is 0.111. The number of thioether (sulfide) groups is 1. The predicted molar refractivity (Wildman–Crippen MR) is 126 cm³/mol. The summed E-state index contributed by atoms with van der Waals surface area (Å²) in [6, 6.07) is 14.6. The number of aromatic nitrogens is 3. The van der Waals surface area contributed by atoms with E-state index in [-0.39, 0.29) is 28.5 Å². The van der Waals surface area contributed by atoms with Crippen LogP contribution < -0.4 is 5.32 Å². The maximum atomic E-state index is 12.6. The fraction of sp³-hybridized carbons (Fsp3) is 0.292. The third kappa shape index (κ3) is 4.96. The molecule has 0 spiro atoms. The molecule has 2 unspecified atom stereocenters. The summed E-state index contributed by atoms with van der Waals surface area (Å²) < 4.78 is 11.4. The van der Waals surface area contributed by atoms with Crippen LogP contribution >= 0.6 is 11.8 Å². The van der Waals surface area contributed by atoms with Crippen LogP contribution in [-0.2, 0) is 21.3 Å². The number of methoxy groups -OCH3 is 2. The highest BCUT2D eigenvalue weighted by atomic mass is 32.2. The Bertz CT molecular complexity index is 1230. The van der Waals surface area contributed by atoms with Gasteiger partial charge in [0.25, 0.3) is 0 Å². The summed E-state index contributed by atoms with van der Waals surface area (Å²) in [6.45, 7) is 0. The Balaban J connectivity index is 1.41.